The van der Waals surface area contributed by atoms with Crippen LogP contribution in [0.2, 0.25) is 0 Å². The van der Waals surface area contributed by atoms with E-state index in [9.17, 15) is 0 Å². The topological polar surface area (TPSA) is 80.3 Å². The van der Waals surface area contributed by atoms with Crippen molar-refractivity contribution in [3.05, 3.63) is 35.3 Å². The third-order valence-electron chi connectivity index (χ3n) is 3.51. The molecule has 0 radical (unpaired) electrons. The minimum absolute atomic E-state index is 0.304. The molecule has 0 fully saturated rings. The van der Waals surface area contributed by atoms with Gasteiger partial charge in [0.1, 0.15) is 6.07 Å². The Labute approximate surface area is 142 Å². The summed E-state index contributed by atoms with van der Waals surface area (Å²) in [6.45, 7) is 4.79. The Morgan fingerprint density at radius 2 is 2.00 bits per heavy atom. The maximum Gasteiger partial charge on any atom is 0.232 e. The molecule has 1 N–H and O–H groups in total. The van der Waals surface area contributed by atoms with Crippen molar-refractivity contribution in [3.63, 3.8) is 0 Å². The summed E-state index contributed by atoms with van der Waals surface area (Å²) in [5, 5.41) is 12.3. The van der Waals surface area contributed by atoms with Crippen molar-refractivity contribution in [2.45, 2.75) is 26.7 Å². The predicted octanol–water partition coefficient (Wildman–Crippen LogP) is 3.42. The molecule has 6 nitrogen and oxygen atoms in total. The quantitative estimate of drug-likeness (QED) is 0.799. The lowest BCUT2D eigenvalue weighted by Gasteiger charge is -2.09. The Balaban J connectivity index is 1.99. The number of rotatable bonds is 8. The second-order valence-corrected chi connectivity index (χ2v) is 5.86. The molecule has 1 aromatic heterocycles. The van der Waals surface area contributed by atoms with Gasteiger partial charge in [-0.15, -0.1) is 0 Å². The fraction of sp³-hybridized carbons (Fsp3) is 0.444. The molecule has 0 spiro atoms. The lowest BCUT2D eigenvalue weighted by molar-refractivity contribution is 0.354. The summed E-state index contributed by atoms with van der Waals surface area (Å²) >= 11 is 0. The monoisotopic (exact) mass is 329 g/mol. The summed E-state index contributed by atoms with van der Waals surface area (Å²) in [5.74, 6) is 2.86. The van der Waals surface area contributed by atoms with Crippen LogP contribution >= 0.6 is 0 Å². The van der Waals surface area contributed by atoms with Crippen LogP contribution in [0.25, 0.3) is 0 Å². The van der Waals surface area contributed by atoms with E-state index >= 15 is 0 Å². The SMILES string of the molecule is COc1ccc(CCNc2oc(CC(C)C)nc2C#N)cc1OC. The first-order valence-electron chi connectivity index (χ1n) is 7.92. The normalized spacial score (nSPS) is 10.5. The summed E-state index contributed by atoms with van der Waals surface area (Å²) in [4.78, 5) is 4.22. The molecular formula is C18H23N3O3. The number of ether oxygens (including phenoxy) is 2. The first-order valence-corrected chi connectivity index (χ1v) is 7.92. The minimum Gasteiger partial charge on any atom is -0.493 e. The second kappa shape index (κ2) is 8.25. The van der Waals surface area contributed by atoms with Crippen molar-refractivity contribution in [2.24, 2.45) is 5.92 Å². The van der Waals surface area contributed by atoms with Gasteiger partial charge in [0.2, 0.25) is 11.6 Å². The molecule has 0 saturated heterocycles. The number of anilines is 1. The molecule has 6 heteroatoms. The highest BCUT2D eigenvalue weighted by Crippen LogP contribution is 2.27. The highest BCUT2D eigenvalue weighted by atomic mass is 16.5. The fourth-order valence-electron chi connectivity index (χ4n) is 2.35. The maximum absolute atomic E-state index is 9.17. The standard InChI is InChI=1S/C18H23N3O3/c1-12(2)9-17-21-14(11-19)18(24-17)20-8-7-13-5-6-15(22-3)16(10-13)23-4/h5-6,10,12,20H,7-9H2,1-4H3. The van der Waals surface area contributed by atoms with Crippen LogP contribution in [0.4, 0.5) is 5.88 Å². The van der Waals surface area contributed by atoms with E-state index in [1.54, 1.807) is 14.2 Å². The number of nitriles is 1. The van der Waals surface area contributed by atoms with Crippen molar-refractivity contribution in [1.29, 1.82) is 5.26 Å². The number of hydrogen-bond acceptors (Lipinski definition) is 6. The zero-order valence-electron chi connectivity index (χ0n) is 14.5. The summed E-state index contributed by atoms with van der Waals surface area (Å²) < 4.78 is 16.2. The average molecular weight is 329 g/mol. The zero-order chi connectivity index (χ0) is 17.5. The molecule has 1 aromatic carbocycles. The smallest absolute Gasteiger partial charge is 0.232 e. The van der Waals surface area contributed by atoms with Gasteiger partial charge >= 0.3 is 0 Å². The van der Waals surface area contributed by atoms with Gasteiger partial charge in [0.15, 0.2) is 17.4 Å². The molecule has 0 aliphatic heterocycles. The molecule has 0 aliphatic carbocycles. The molecule has 0 saturated carbocycles. The van der Waals surface area contributed by atoms with Gasteiger partial charge in [0, 0.05) is 13.0 Å². The minimum atomic E-state index is 0.304. The van der Waals surface area contributed by atoms with Crippen molar-refractivity contribution in [1.82, 2.24) is 4.98 Å². The van der Waals surface area contributed by atoms with Crippen molar-refractivity contribution in [3.8, 4) is 17.6 Å². The van der Waals surface area contributed by atoms with Gasteiger partial charge in [0.25, 0.3) is 0 Å². The maximum atomic E-state index is 9.17. The van der Waals surface area contributed by atoms with Gasteiger partial charge in [-0.3, -0.25) is 0 Å². The van der Waals surface area contributed by atoms with Crippen LogP contribution in [0.1, 0.15) is 31.0 Å². The molecule has 2 rings (SSSR count). The fourth-order valence-corrected chi connectivity index (χ4v) is 2.35. The van der Waals surface area contributed by atoms with Crippen LogP contribution in [0.5, 0.6) is 11.5 Å². The van der Waals surface area contributed by atoms with E-state index in [1.165, 1.54) is 0 Å². The Kier molecular flexibility index (Phi) is 6.07. The van der Waals surface area contributed by atoms with E-state index < -0.39 is 0 Å². The van der Waals surface area contributed by atoms with Gasteiger partial charge in [-0.2, -0.15) is 5.26 Å². The Morgan fingerprint density at radius 1 is 1.25 bits per heavy atom. The molecule has 0 amide bonds. The molecule has 0 bridgehead atoms. The lowest BCUT2D eigenvalue weighted by atomic mass is 10.1. The van der Waals surface area contributed by atoms with Crippen molar-refractivity contribution >= 4 is 5.88 Å². The van der Waals surface area contributed by atoms with E-state index in [0.717, 1.165) is 12.0 Å². The van der Waals surface area contributed by atoms with Crippen LogP contribution in [0.3, 0.4) is 0 Å². The van der Waals surface area contributed by atoms with E-state index in [0.29, 0.717) is 47.9 Å². The first kappa shape index (κ1) is 17.7. The highest BCUT2D eigenvalue weighted by Gasteiger charge is 2.13. The third kappa shape index (κ3) is 4.42. The number of nitrogens with zero attached hydrogens (tertiary/aromatic N) is 2. The van der Waals surface area contributed by atoms with Gasteiger partial charge in [-0.1, -0.05) is 19.9 Å². The summed E-state index contributed by atoms with van der Waals surface area (Å²) in [6.07, 6.45) is 1.47. The second-order valence-electron chi connectivity index (χ2n) is 5.86. The zero-order valence-corrected chi connectivity index (χ0v) is 14.5. The molecule has 1 heterocycles. The number of oxazole rings is 1. The number of methoxy groups -OCH3 is 2. The average Bonchev–Trinajstić information content (AvgIpc) is 2.95. The number of hydrogen-bond donors (Lipinski definition) is 1. The summed E-state index contributed by atoms with van der Waals surface area (Å²) in [7, 11) is 3.23. The van der Waals surface area contributed by atoms with Crippen molar-refractivity contribution in [2.75, 3.05) is 26.1 Å². The van der Waals surface area contributed by atoms with Gasteiger partial charge in [0.05, 0.1) is 14.2 Å². The summed E-state index contributed by atoms with van der Waals surface area (Å²) in [5.41, 5.74) is 1.40. The van der Waals surface area contributed by atoms with Crippen LogP contribution in [0.15, 0.2) is 22.6 Å². The van der Waals surface area contributed by atoms with E-state index in [4.69, 9.17) is 19.2 Å². The molecule has 0 atom stereocenters. The van der Waals surface area contributed by atoms with E-state index in [1.807, 2.05) is 18.2 Å². The largest absolute Gasteiger partial charge is 0.493 e. The Hall–Kier alpha value is -2.68. The first-order chi connectivity index (χ1) is 11.6. The predicted molar refractivity (Wildman–Crippen MR) is 91.5 cm³/mol. The van der Waals surface area contributed by atoms with Crippen LogP contribution in [-0.2, 0) is 12.8 Å². The van der Waals surface area contributed by atoms with Crippen LogP contribution < -0.4 is 14.8 Å². The Morgan fingerprint density at radius 3 is 2.62 bits per heavy atom. The molecule has 0 aliphatic rings. The molecule has 24 heavy (non-hydrogen) atoms. The highest BCUT2D eigenvalue weighted by molar-refractivity contribution is 5.46. The number of benzene rings is 1. The molecule has 128 valence electrons. The number of aromatic nitrogens is 1. The van der Waals surface area contributed by atoms with E-state index in [2.05, 4.69) is 30.2 Å². The number of nitrogens with one attached hydrogen (secondary N) is 1. The van der Waals surface area contributed by atoms with Crippen molar-refractivity contribution < 1.29 is 13.9 Å². The lowest BCUT2D eigenvalue weighted by Crippen LogP contribution is -2.05. The van der Waals surface area contributed by atoms with Gasteiger partial charge in [-0.25, -0.2) is 4.98 Å². The van der Waals surface area contributed by atoms with Gasteiger partial charge < -0.3 is 19.2 Å². The molecule has 0 unspecified atom stereocenters. The summed E-state index contributed by atoms with van der Waals surface area (Å²) in [6, 6.07) is 7.87. The third-order valence-corrected chi connectivity index (χ3v) is 3.51. The van der Waals surface area contributed by atoms with Crippen LogP contribution in [0, 0.1) is 17.2 Å². The molecular weight excluding hydrogens is 306 g/mol. The van der Waals surface area contributed by atoms with Crippen LogP contribution in [-0.4, -0.2) is 25.7 Å². The van der Waals surface area contributed by atoms with Gasteiger partial charge in [-0.05, 0) is 30.0 Å². The Bertz CT molecular complexity index is 717. The molecule has 2 aromatic rings. The van der Waals surface area contributed by atoms with E-state index in [-0.39, 0.29) is 0 Å².